The SMILES string of the molecule is C=Cc1cc(=O)n(C2CC2)c2c(C)c(N3CC[C@H](C)C3)c(F)c(F)c12. The topological polar surface area (TPSA) is 25.2 Å². The first kappa shape index (κ1) is 16.3. The molecule has 3 nitrogen and oxygen atoms in total. The number of hydrogen-bond acceptors (Lipinski definition) is 2. The monoisotopic (exact) mass is 344 g/mol. The predicted octanol–water partition coefficient (Wildman–Crippen LogP) is 4.41. The first-order valence-electron chi connectivity index (χ1n) is 8.88. The molecule has 5 heteroatoms. The van der Waals surface area contributed by atoms with Crippen molar-refractivity contribution in [3.63, 3.8) is 0 Å². The third-order valence-corrected chi connectivity index (χ3v) is 5.49. The Balaban J connectivity index is 2.11. The van der Waals surface area contributed by atoms with E-state index in [-0.39, 0.29) is 17.0 Å². The van der Waals surface area contributed by atoms with E-state index in [1.807, 2.05) is 4.90 Å². The molecular weight excluding hydrogens is 322 g/mol. The number of rotatable bonds is 3. The molecule has 1 saturated heterocycles. The normalized spacial score (nSPS) is 20.5. The lowest BCUT2D eigenvalue weighted by molar-refractivity contribution is 0.513. The van der Waals surface area contributed by atoms with Crippen molar-refractivity contribution in [1.29, 1.82) is 0 Å². The van der Waals surface area contributed by atoms with Gasteiger partial charge in [-0.2, -0.15) is 0 Å². The minimum atomic E-state index is -0.876. The molecule has 0 bridgehead atoms. The fraction of sp³-hybridized carbons (Fsp3) is 0.450. The van der Waals surface area contributed by atoms with Crippen LogP contribution in [0, 0.1) is 24.5 Å². The Bertz CT molecular complexity index is 943. The van der Waals surface area contributed by atoms with E-state index < -0.39 is 11.6 Å². The molecule has 0 N–H and O–H groups in total. The Labute approximate surface area is 145 Å². The number of anilines is 1. The van der Waals surface area contributed by atoms with Gasteiger partial charge in [-0.15, -0.1) is 0 Å². The first-order chi connectivity index (χ1) is 11.9. The smallest absolute Gasteiger partial charge is 0.251 e. The second-order valence-electron chi connectivity index (χ2n) is 7.41. The molecule has 1 aromatic carbocycles. The summed E-state index contributed by atoms with van der Waals surface area (Å²) >= 11 is 0. The Morgan fingerprint density at radius 1 is 1.24 bits per heavy atom. The Morgan fingerprint density at radius 3 is 2.52 bits per heavy atom. The highest BCUT2D eigenvalue weighted by molar-refractivity contribution is 5.94. The summed E-state index contributed by atoms with van der Waals surface area (Å²) < 4.78 is 31.7. The van der Waals surface area contributed by atoms with Gasteiger partial charge in [0.25, 0.3) is 5.56 Å². The van der Waals surface area contributed by atoms with E-state index in [1.54, 1.807) is 11.5 Å². The fourth-order valence-electron chi connectivity index (χ4n) is 4.10. The fourth-order valence-corrected chi connectivity index (χ4v) is 4.10. The minimum Gasteiger partial charge on any atom is -0.369 e. The molecule has 1 aromatic heterocycles. The van der Waals surface area contributed by atoms with Crippen molar-refractivity contribution >= 4 is 22.7 Å². The number of halogens is 2. The summed E-state index contributed by atoms with van der Waals surface area (Å²) in [6, 6.07) is 1.45. The second kappa shape index (κ2) is 5.68. The van der Waals surface area contributed by atoms with Gasteiger partial charge in [0, 0.05) is 36.1 Å². The zero-order chi connectivity index (χ0) is 17.9. The minimum absolute atomic E-state index is 0.0859. The van der Waals surface area contributed by atoms with Crippen LogP contribution in [0.15, 0.2) is 17.4 Å². The van der Waals surface area contributed by atoms with Crippen LogP contribution < -0.4 is 10.5 Å². The van der Waals surface area contributed by atoms with Crippen LogP contribution in [0.4, 0.5) is 14.5 Å². The quantitative estimate of drug-likeness (QED) is 0.824. The molecule has 1 saturated carbocycles. The molecule has 0 unspecified atom stereocenters. The van der Waals surface area contributed by atoms with Crippen LogP contribution in [0.25, 0.3) is 17.0 Å². The van der Waals surface area contributed by atoms with E-state index >= 15 is 4.39 Å². The summed E-state index contributed by atoms with van der Waals surface area (Å²) in [6.07, 6.45) is 4.19. The van der Waals surface area contributed by atoms with Gasteiger partial charge in [0.15, 0.2) is 11.6 Å². The molecule has 1 atom stereocenters. The van der Waals surface area contributed by atoms with Crippen molar-refractivity contribution in [2.45, 2.75) is 39.2 Å². The molecule has 0 spiro atoms. The van der Waals surface area contributed by atoms with Crippen molar-refractivity contribution in [2.75, 3.05) is 18.0 Å². The van der Waals surface area contributed by atoms with Gasteiger partial charge in [-0.1, -0.05) is 19.6 Å². The number of pyridine rings is 1. The van der Waals surface area contributed by atoms with Gasteiger partial charge in [-0.05, 0) is 37.7 Å². The summed E-state index contributed by atoms with van der Waals surface area (Å²) in [7, 11) is 0. The van der Waals surface area contributed by atoms with Crippen LogP contribution in [-0.4, -0.2) is 17.7 Å². The number of hydrogen-bond donors (Lipinski definition) is 0. The van der Waals surface area contributed by atoms with Crippen LogP contribution in [-0.2, 0) is 0 Å². The maximum absolute atomic E-state index is 15.1. The predicted molar refractivity (Wildman–Crippen MR) is 97.2 cm³/mol. The molecule has 2 aliphatic rings. The highest BCUT2D eigenvalue weighted by Gasteiger charge is 2.32. The highest BCUT2D eigenvalue weighted by atomic mass is 19.2. The van der Waals surface area contributed by atoms with Gasteiger partial charge in [-0.25, -0.2) is 8.78 Å². The third-order valence-electron chi connectivity index (χ3n) is 5.49. The van der Waals surface area contributed by atoms with E-state index in [1.165, 1.54) is 12.1 Å². The van der Waals surface area contributed by atoms with Crippen molar-refractivity contribution in [1.82, 2.24) is 4.57 Å². The zero-order valence-electron chi connectivity index (χ0n) is 14.6. The number of aryl methyl sites for hydroxylation is 1. The van der Waals surface area contributed by atoms with Crippen LogP contribution in [0.1, 0.15) is 43.4 Å². The average Bonchev–Trinajstić information content (AvgIpc) is 3.33. The molecular formula is C20H22F2N2O. The van der Waals surface area contributed by atoms with Gasteiger partial charge in [0.05, 0.1) is 11.2 Å². The van der Waals surface area contributed by atoms with Crippen molar-refractivity contribution in [2.24, 2.45) is 5.92 Å². The molecule has 2 heterocycles. The molecule has 1 aliphatic carbocycles. The van der Waals surface area contributed by atoms with E-state index in [4.69, 9.17) is 0 Å². The van der Waals surface area contributed by atoms with Crippen LogP contribution in [0.5, 0.6) is 0 Å². The maximum Gasteiger partial charge on any atom is 0.251 e. The molecule has 4 rings (SSSR count). The lowest BCUT2D eigenvalue weighted by Gasteiger charge is -2.25. The summed E-state index contributed by atoms with van der Waals surface area (Å²) in [5.74, 6) is -1.25. The Hall–Kier alpha value is -2.17. The van der Waals surface area contributed by atoms with E-state index in [0.717, 1.165) is 19.3 Å². The first-order valence-corrected chi connectivity index (χ1v) is 8.88. The lowest BCUT2D eigenvalue weighted by Crippen LogP contribution is -2.25. The van der Waals surface area contributed by atoms with E-state index in [0.29, 0.717) is 41.3 Å². The van der Waals surface area contributed by atoms with Gasteiger partial charge in [0.1, 0.15) is 0 Å². The second-order valence-corrected chi connectivity index (χ2v) is 7.41. The molecule has 2 aromatic rings. The number of fused-ring (bicyclic) bond motifs is 1. The summed E-state index contributed by atoms with van der Waals surface area (Å²) in [6.45, 7) is 9.00. The maximum atomic E-state index is 15.1. The molecule has 132 valence electrons. The van der Waals surface area contributed by atoms with Crippen molar-refractivity contribution < 1.29 is 8.78 Å². The highest BCUT2D eigenvalue weighted by Crippen LogP contribution is 2.42. The third kappa shape index (κ3) is 2.40. The molecule has 0 radical (unpaired) electrons. The Morgan fingerprint density at radius 2 is 1.96 bits per heavy atom. The molecule has 25 heavy (non-hydrogen) atoms. The molecule has 0 amide bonds. The number of nitrogens with zero attached hydrogens (tertiary/aromatic N) is 2. The van der Waals surface area contributed by atoms with Crippen LogP contribution >= 0.6 is 0 Å². The van der Waals surface area contributed by atoms with Gasteiger partial charge in [-0.3, -0.25) is 4.79 Å². The summed E-state index contributed by atoms with van der Waals surface area (Å²) in [5, 5.41) is 0.174. The largest absolute Gasteiger partial charge is 0.369 e. The Kier molecular flexibility index (Phi) is 3.71. The van der Waals surface area contributed by atoms with Gasteiger partial charge >= 0.3 is 0 Å². The number of aromatic nitrogens is 1. The van der Waals surface area contributed by atoms with Gasteiger partial charge < -0.3 is 9.47 Å². The van der Waals surface area contributed by atoms with Crippen molar-refractivity contribution in [3.8, 4) is 0 Å². The van der Waals surface area contributed by atoms with Crippen molar-refractivity contribution in [3.05, 3.63) is 45.8 Å². The van der Waals surface area contributed by atoms with Crippen LogP contribution in [0.3, 0.4) is 0 Å². The summed E-state index contributed by atoms with van der Waals surface area (Å²) in [4.78, 5) is 14.5. The van der Waals surface area contributed by atoms with E-state index in [2.05, 4.69) is 13.5 Å². The molecule has 1 aliphatic heterocycles. The lowest BCUT2D eigenvalue weighted by atomic mass is 10.0. The van der Waals surface area contributed by atoms with Gasteiger partial charge in [0.2, 0.25) is 0 Å². The zero-order valence-corrected chi connectivity index (χ0v) is 14.6. The van der Waals surface area contributed by atoms with E-state index in [9.17, 15) is 9.18 Å². The number of benzene rings is 1. The standard InChI is InChI=1S/C20H22F2N2O/c1-4-13-9-15(25)24(14-5-6-14)19-12(3)20(18(22)17(21)16(13)19)23-8-7-11(2)10-23/h4,9,11,14H,1,5-8,10H2,2-3H3/t11-/m0/s1. The molecule has 2 fully saturated rings. The average molecular weight is 344 g/mol. The summed E-state index contributed by atoms with van der Waals surface area (Å²) in [5.41, 5.74) is 1.68. The van der Waals surface area contributed by atoms with Crippen LogP contribution in [0.2, 0.25) is 0 Å².